The lowest BCUT2D eigenvalue weighted by Crippen LogP contribution is -2.50. The number of ether oxygens (including phenoxy) is 1. The molecule has 0 radical (unpaired) electrons. The molecule has 0 bridgehead atoms. The lowest BCUT2D eigenvalue weighted by atomic mass is 10.0. The van der Waals surface area contributed by atoms with Gasteiger partial charge in [0.1, 0.15) is 12.6 Å². The molecule has 1 unspecified atom stereocenters. The molecule has 0 aliphatic heterocycles. The van der Waals surface area contributed by atoms with Crippen LogP contribution in [0.3, 0.4) is 0 Å². The third-order valence-electron chi connectivity index (χ3n) is 3.13. The third-order valence-corrected chi connectivity index (χ3v) is 3.45. The zero-order chi connectivity index (χ0) is 18.1. The molecule has 1 aromatic rings. The molecular weight excluding hydrogens is 336 g/mol. The molecule has 1 aromatic carbocycles. The predicted octanol–water partition coefficient (Wildman–Crippen LogP) is 1.31. The fourth-order valence-corrected chi connectivity index (χ4v) is 2.14. The second-order valence-electron chi connectivity index (χ2n) is 5.41. The maximum Gasteiger partial charge on any atom is 0.329 e. The van der Waals surface area contributed by atoms with Gasteiger partial charge in [-0.25, -0.2) is 4.79 Å². The molecule has 1 rings (SSSR count). The van der Waals surface area contributed by atoms with Crippen molar-refractivity contribution in [2.45, 2.75) is 19.9 Å². The largest absolute Gasteiger partial charge is 0.480 e. The number of carboxylic acid groups (broad SMARTS) is 1. The van der Waals surface area contributed by atoms with Gasteiger partial charge in [0.2, 0.25) is 5.91 Å². The first kappa shape index (κ1) is 19.9. The molecule has 0 heterocycles. The maximum absolute atomic E-state index is 12.3. The number of hydrogen-bond donors (Lipinski definition) is 3. The molecule has 24 heavy (non-hydrogen) atoms. The van der Waals surface area contributed by atoms with Crippen LogP contribution in [0.15, 0.2) is 24.3 Å². The second-order valence-corrected chi connectivity index (χ2v) is 5.82. The van der Waals surface area contributed by atoms with Crippen LogP contribution in [0.2, 0.25) is 5.02 Å². The second kappa shape index (κ2) is 9.89. The van der Waals surface area contributed by atoms with Crippen LogP contribution in [0.1, 0.15) is 24.2 Å². The van der Waals surface area contributed by atoms with Crippen LogP contribution < -0.4 is 10.6 Å². The molecule has 2 amide bonds. The van der Waals surface area contributed by atoms with Gasteiger partial charge in [-0.15, -0.1) is 0 Å². The Morgan fingerprint density at radius 3 is 2.50 bits per heavy atom. The number of nitrogens with one attached hydrogen (secondary N) is 2. The van der Waals surface area contributed by atoms with Crippen molar-refractivity contribution in [2.75, 3.05) is 19.8 Å². The van der Waals surface area contributed by atoms with Crippen LogP contribution >= 0.6 is 11.6 Å². The fraction of sp³-hybridized carbons (Fsp3) is 0.438. The molecule has 0 saturated heterocycles. The third kappa shape index (κ3) is 6.55. The van der Waals surface area contributed by atoms with Gasteiger partial charge in [0.15, 0.2) is 0 Å². The van der Waals surface area contributed by atoms with E-state index in [0.29, 0.717) is 10.6 Å². The Balaban J connectivity index is 2.57. The lowest BCUT2D eigenvalue weighted by Gasteiger charge is -2.22. The zero-order valence-corrected chi connectivity index (χ0v) is 14.3. The minimum absolute atomic E-state index is 0.0707. The predicted molar refractivity (Wildman–Crippen MR) is 89.0 cm³/mol. The summed E-state index contributed by atoms with van der Waals surface area (Å²) in [4.78, 5) is 34.8. The van der Waals surface area contributed by atoms with Crippen LogP contribution in [-0.4, -0.2) is 48.7 Å². The molecule has 0 saturated carbocycles. The molecular formula is C16H21ClN2O5. The van der Waals surface area contributed by atoms with Crippen LogP contribution in [0, 0.1) is 5.92 Å². The number of carbonyl (C=O) groups is 3. The van der Waals surface area contributed by atoms with Crippen molar-refractivity contribution in [1.29, 1.82) is 0 Å². The number of hydrogen-bond acceptors (Lipinski definition) is 4. The van der Waals surface area contributed by atoms with Crippen molar-refractivity contribution in [3.8, 4) is 0 Å². The van der Waals surface area contributed by atoms with E-state index in [1.54, 1.807) is 38.1 Å². The van der Waals surface area contributed by atoms with Gasteiger partial charge in [-0.2, -0.15) is 0 Å². The smallest absolute Gasteiger partial charge is 0.329 e. The molecule has 0 spiro atoms. The summed E-state index contributed by atoms with van der Waals surface area (Å²) in [6, 6.07) is 5.83. The Bertz CT molecular complexity index is 592. The summed E-state index contributed by atoms with van der Waals surface area (Å²) in [6.07, 6.45) is 0. The highest BCUT2D eigenvalue weighted by atomic mass is 35.5. The van der Waals surface area contributed by atoms with Gasteiger partial charge < -0.3 is 20.5 Å². The highest BCUT2D eigenvalue weighted by molar-refractivity contribution is 6.33. The summed E-state index contributed by atoms with van der Waals surface area (Å²) in [5.74, 6) is -2.02. The van der Waals surface area contributed by atoms with Gasteiger partial charge in [-0.3, -0.25) is 9.59 Å². The van der Waals surface area contributed by atoms with E-state index in [1.165, 1.54) is 0 Å². The van der Waals surface area contributed by atoms with Gasteiger partial charge in [-0.05, 0) is 18.1 Å². The summed E-state index contributed by atoms with van der Waals surface area (Å²) in [5, 5.41) is 14.0. The Morgan fingerprint density at radius 1 is 1.25 bits per heavy atom. The van der Waals surface area contributed by atoms with Gasteiger partial charge >= 0.3 is 5.97 Å². The van der Waals surface area contributed by atoms with Crippen molar-refractivity contribution in [3.63, 3.8) is 0 Å². The molecule has 0 fully saturated rings. The molecule has 3 N–H and O–H groups in total. The van der Waals surface area contributed by atoms with Crippen molar-refractivity contribution < 1.29 is 24.2 Å². The molecule has 8 heteroatoms. The van der Waals surface area contributed by atoms with Crippen LogP contribution in [0.4, 0.5) is 0 Å². The number of amides is 2. The van der Waals surface area contributed by atoms with Crippen LogP contribution in [0.5, 0.6) is 0 Å². The Labute approximate surface area is 145 Å². The molecule has 0 aliphatic rings. The van der Waals surface area contributed by atoms with Gasteiger partial charge in [0, 0.05) is 6.54 Å². The molecule has 0 aromatic heterocycles. The summed E-state index contributed by atoms with van der Waals surface area (Å²) >= 11 is 5.98. The zero-order valence-electron chi connectivity index (χ0n) is 13.5. The van der Waals surface area contributed by atoms with E-state index in [1.807, 2.05) is 0 Å². The first-order valence-corrected chi connectivity index (χ1v) is 7.83. The fourth-order valence-electron chi connectivity index (χ4n) is 1.92. The quantitative estimate of drug-likeness (QED) is 0.579. The SMILES string of the molecule is CC(C)C(NC(=O)c1ccccc1Cl)C(=O)NCCOCC(=O)O. The highest BCUT2D eigenvalue weighted by Crippen LogP contribution is 2.15. The average molecular weight is 357 g/mol. The minimum atomic E-state index is -1.08. The van der Waals surface area contributed by atoms with E-state index in [-0.39, 0.29) is 25.0 Å². The lowest BCUT2D eigenvalue weighted by molar-refractivity contribution is -0.142. The summed E-state index contributed by atoms with van der Waals surface area (Å²) < 4.78 is 4.83. The molecule has 132 valence electrons. The van der Waals surface area contributed by atoms with E-state index >= 15 is 0 Å². The molecule has 0 aliphatic carbocycles. The van der Waals surface area contributed by atoms with Crippen molar-refractivity contribution in [3.05, 3.63) is 34.9 Å². The first-order valence-electron chi connectivity index (χ1n) is 7.45. The summed E-state index contributed by atoms with van der Waals surface area (Å²) in [7, 11) is 0. The summed E-state index contributed by atoms with van der Waals surface area (Å²) in [5.41, 5.74) is 0.294. The monoisotopic (exact) mass is 356 g/mol. The van der Waals surface area contributed by atoms with Crippen molar-refractivity contribution in [1.82, 2.24) is 10.6 Å². The van der Waals surface area contributed by atoms with Crippen LogP contribution in [-0.2, 0) is 14.3 Å². The molecule has 7 nitrogen and oxygen atoms in total. The number of carboxylic acids is 1. The summed E-state index contributed by atoms with van der Waals surface area (Å²) in [6.45, 7) is 3.40. The standard InChI is InChI=1S/C16H21ClN2O5/c1-10(2)14(16(23)18-7-8-24-9-13(20)21)19-15(22)11-5-3-4-6-12(11)17/h3-6,10,14H,7-9H2,1-2H3,(H,18,23)(H,19,22)(H,20,21). The van der Waals surface area contributed by atoms with E-state index in [4.69, 9.17) is 21.4 Å². The number of aliphatic carboxylic acids is 1. The van der Waals surface area contributed by atoms with E-state index in [0.717, 1.165) is 0 Å². The topological polar surface area (TPSA) is 105 Å². The Kier molecular flexibility index (Phi) is 8.21. The number of rotatable bonds is 9. The number of carbonyl (C=O) groups excluding carboxylic acids is 2. The Hall–Kier alpha value is -2.12. The normalized spacial score (nSPS) is 11.8. The first-order chi connectivity index (χ1) is 11.3. The molecule has 1 atom stereocenters. The average Bonchev–Trinajstić information content (AvgIpc) is 2.51. The van der Waals surface area contributed by atoms with Gasteiger partial charge in [0.25, 0.3) is 5.91 Å². The Morgan fingerprint density at radius 2 is 1.92 bits per heavy atom. The van der Waals surface area contributed by atoms with Crippen molar-refractivity contribution in [2.24, 2.45) is 5.92 Å². The minimum Gasteiger partial charge on any atom is -0.480 e. The van der Waals surface area contributed by atoms with E-state index in [2.05, 4.69) is 10.6 Å². The number of halogens is 1. The van der Waals surface area contributed by atoms with E-state index in [9.17, 15) is 14.4 Å². The van der Waals surface area contributed by atoms with Crippen LogP contribution in [0.25, 0.3) is 0 Å². The van der Waals surface area contributed by atoms with Crippen molar-refractivity contribution >= 4 is 29.4 Å². The maximum atomic E-state index is 12.3. The van der Waals surface area contributed by atoms with E-state index < -0.39 is 24.5 Å². The number of benzene rings is 1. The van der Waals surface area contributed by atoms with Gasteiger partial charge in [-0.1, -0.05) is 37.6 Å². The van der Waals surface area contributed by atoms with Gasteiger partial charge in [0.05, 0.1) is 17.2 Å². The highest BCUT2D eigenvalue weighted by Gasteiger charge is 2.25.